The third-order valence-corrected chi connectivity index (χ3v) is 20.5. The van der Waals surface area contributed by atoms with Crippen LogP contribution >= 0.6 is 0 Å². The van der Waals surface area contributed by atoms with Crippen LogP contribution in [0.2, 0.25) is 0 Å². The van der Waals surface area contributed by atoms with Crippen molar-refractivity contribution in [2.45, 2.75) is 252 Å². The largest absolute Gasteiger partial charge is 1.00 e. The van der Waals surface area contributed by atoms with Crippen molar-refractivity contribution in [1.29, 1.82) is 0 Å². The van der Waals surface area contributed by atoms with Gasteiger partial charge in [0.05, 0.1) is 295 Å². The Balaban J connectivity index is -0.000000441. The Hall–Kier alpha value is 3.72. The van der Waals surface area contributed by atoms with Crippen LogP contribution in [0.1, 0.15) is 252 Å². The first-order valence-corrected chi connectivity index (χ1v) is 52.0. The number of hydrogen-bond donors (Lipinski definition) is 0. The Bertz CT molecular complexity index is 2280. The molecule has 0 bridgehead atoms. The summed E-state index contributed by atoms with van der Waals surface area (Å²) in [5.74, 6) is -1.21. The van der Waals surface area contributed by atoms with Crippen LogP contribution in [-0.2, 0) is 139 Å². The van der Waals surface area contributed by atoms with Crippen LogP contribution in [0, 0.1) is 0 Å². The van der Waals surface area contributed by atoms with E-state index in [2.05, 4.69) is 20.8 Å². The SMILES string of the molecule is CCCCCCCCCCCCCOCCOCCOCCOCCOCCCS(=O)(=O)[O-].CCCCCCCCCCCCCOCCOCCOCCOCCOCCOCCCS(=O)(=O)[O-].CCCCCCCCCCCCCOCCOCCOCCOCCOCCOCCOCCOCCOCCOCCOCCOCCCS(=O)(=O)[O-].[K+].[K+].[K+]. The Morgan fingerprint density at radius 1 is 0.127 bits per heavy atom. The van der Waals surface area contributed by atoms with Crippen LogP contribution in [0.15, 0.2) is 0 Å². The Labute approximate surface area is 894 Å². The zero-order valence-electron chi connectivity index (χ0n) is 80.4. The molecular weight excluding hydrogens is 1780 g/mol. The van der Waals surface area contributed by atoms with Crippen molar-refractivity contribution < 1.29 is 302 Å². The van der Waals surface area contributed by atoms with Gasteiger partial charge in [-0.1, -0.05) is 213 Å². The molecule has 0 rings (SSSR count). The van der Waals surface area contributed by atoms with Gasteiger partial charge in [0, 0.05) is 56.9 Å². The predicted octanol–water partition coefficient (Wildman–Crippen LogP) is 4.09. The molecule has 0 aromatic heterocycles. The third kappa shape index (κ3) is 148. The predicted molar refractivity (Wildman–Crippen MR) is 476 cm³/mol. The second-order valence-corrected chi connectivity index (χ2v) is 34.1. The minimum Gasteiger partial charge on any atom is -0.748 e. The summed E-state index contributed by atoms with van der Waals surface area (Å²) >= 11 is 0. The van der Waals surface area contributed by atoms with E-state index in [-0.39, 0.29) is 193 Å². The maximum absolute atomic E-state index is 10.5. The van der Waals surface area contributed by atoms with Gasteiger partial charge in [-0.3, -0.25) is 0 Å². The van der Waals surface area contributed by atoms with E-state index < -0.39 is 47.6 Å². The number of unbranched alkanes of at least 4 members (excludes halogenated alkanes) is 30. The van der Waals surface area contributed by atoms with Gasteiger partial charge >= 0.3 is 154 Å². The van der Waals surface area contributed by atoms with Gasteiger partial charge in [-0.05, 0) is 38.5 Å². The molecule has 0 heterocycles. The summed E-state index contributed by atoms with van der Waals surface area (Å²) in [4.78, 5) is 0. The van der Waals surface area contributed by atoms with Crippen LogP contribution in [0.3, 0.4) is 0 Å². The molecule has 126 heavy (non-hydrogen) atoms. The Morgan fingerprint density at radius 3 is 0.302 bits per heavy atom. The summed E-state index contributed by atoms with van der Waals surface area (Å²) in [6.07, 6.45) is 44.9. The van der Waals surface area contributed by atoms with Crippen molar-refractivity contribution in [1.82, 2.24) is 0 Å². The van der Waals surface area contributed by atoms with Gasteiger partial charge in [0.15, 0.2) is 0 Å². The van der Waals surface area contributed by atoms with E-state index in [1.54, 1.807) is 0 Å². The Kier molecular flexibility index (Phi) is 139. The first kappa shape index (κ1) is 140. The third-order valence-electron chi connectivity index (χ3n) is 18.2. The number of hydrogen-bond acceptors (Lipinski definition) is 32. The van der Waals surface area contributed by atoms with Crippen LogP contribution in [0.4, 0.5) is 0 Å². The maximum atomic E-state index is 10.5. The quantitative estimate of drug-likeness (QED) is 0.0470. The zero-order chi connectivity index (χ0) is 89.9. The summed E-state index contributed by atoms with van der Waals surface area (Å²) in [7, 11) is -12.5. The van der Waals surface area contributed by atoms with E-state index in [1.165, 1.54) is 193 Å². The van der Waals surface area contributed by atoms with Crippen LogP contribution in [0.25, 0.3) is 0 Å². The fourth-order valence-corrected chi connectivity index (χ4v) is 12.7. The minimum absolute atomic E-state index is 0. The molecule has 38 heteroatoms. The van der Waals surface area contributed by atoms with E-state index in [1.807, 2.05) is 0 Å². The molecule has 0 N–H and O–H groups in total. The van der Waals surface area contributed by atoms with Crippen molar-refractivity contribution in [2.75, 3.05) is 321 Å². The van der Waals surface area contributed by atoms with Gasteiger partial charge < -0.3 is 123 Å². The average molecular weight is 1960 g/mol. The van der Waals surface area contributed by atoms with Gasteiger partial charge in [0.2, 0.25) is 0 Å². The van der Waals surface area contributed by atoms with Crippen molar-refractivity contribution in [2.24, 2.45) is 0 Å². The molecule has 0 saturated heterocycles. The van der Waals surface area contributed by atoms with E-state index in [4.69, 9.17) is 109 Å². The number of ether oxygens (including phenoxy) is 23. The van der Waals surface area contributed by atoms with Gasteiger partial charge in [-0.15, -0.1) is 0 Å². The zero-order valence-corrected chi connectivity index (χ0v) is 92.2. The monoisotopic (exact) mass is 1960 g/mol. The fourth-order valence-electron chi connectivity index (χ4n) is 11.3. The molecule has 32 nitrogen and oxygen atoms in total. The summed E-state index contributed by atoms with van der Waals surface area (Å²) < 4.78 is 219. The molecule has 0 fully saturated rings. The van der Waals surface area contributed by atoms with E-state index in [9.17, 15) is 38.9 Å². The average Bonchev–Trinajstić information content (AvgIpc) is 1.00. The molecule has 0 aromatic rings. The van der Waals surface area contributed by atoms with E-state index in [0.29, 0.717) is 264 Å². The fraction of sp³-hybridized carbons (Fsp3) is 1.00. The number of rotatable bonds is 108. The first-order valence-electron chi connectivity index (χ1n) is 47.3. The summed E-state index contributed by atoms with van der Waals surface area (Å²) in [5.41, 5.74) is 0. The van der Waals surface area contributed by atoms with Crippen LogP contribution in [-0.4, -0.2) is 360 Å². The molecule has 0 amide bonds. The molecule has 0 aromatic carbocycles. The van der Waals surface area contributed by atoms with Gasteiger partial charge in [0.25, 0.3) is 0 Å². The van der Waals surface area contributed by atoms with Gasteiger partial charge in [-0.25, -0.2) is 25.3 Å². The molecule has 0 saturated carbocycles. The molecular formula is C88H179K3O32S3. The van der Waals surface area contributed by atoms with E-state index in [0.717, 1.165) is 39.1 Å². The molecule has 0 radical (unpaired) electrons. The standard InChI is InChI=1S/C38H78O15S.C26H54O9S.C24H50O8S.3K/c1-2-3-4-5-6-7-8-9-10-11-12-14-42-16-18-44-20-22-46-24-26-48-28-30-50-32-34-52-36-37-53-35-33-51-31-29-49-27-25-47-23-21-45-19-17-43-15-13-38-54(39,40)41;1-2-3-4-5-6-7-8-9-10-11-12-14-30-16-18-32-20-22-34-24-25-35-23-21-33-19-17-31-15-13-26-36(27,28)29;1-2-3-4-5-6-7-8-9-10-11-12-14-28-16-18-30-20-22-32-23-21-31-19-17-29-15-13-24-33(25,26)27;;;/h2-38H2,1H3,(H,39,40,41);2-26H2,1H3,(H,27,28,29);2-24H2,1H3,(H,25,26,27);;;/q;;;3*+1/p-3. The van der Waals surface area contributed by atoms with Crippen molar-refractivity contribution >= 4 is 30.4 Å². The smallest absolute Gasteiger partial charge is 0.748 e. The first-order chi connectivity index (χ1) is 60.2. The van der Waals surface area contributed by atoms with Crippen molar-refractivity contribution in [3.05, 3.63) is 0 Å². The summed E-state index contributed by atoms with van der Waals surface area (Å²) in [5, 5.41) is 0. The summed E-state index contributed by atoms with van der Waals surface area (Å²) in [6, 6.07) is 0. The molecule has 0 aliphatic carbocycles. The van der Waals surface area contributed by atoms with E-state index >= 15 is 0 Å². The van der Waals surface area contributed by atoms with Crippen LogP contribution in [0.5, 0.6) is 0 Å². The van der Waals surface area contributed by atoms with Crippen molar-refractivity contribution in [3.63, 3.8) is 0 Å². The Morgan fingerprint density at radius 2 is 0.206 bits per heavy atom. The second kappa shape index (κ2) is 125. The normalized spacial score (nSPS) is 11.7. The van der Waals surface area contributed by atoms with Crippen LogP contribution < -0.4 is 154 Å². The van der Waals surface area contributed by atoms with Crippen molar-refractivity contribution in [3.8, 4) is 0 Å². The van der Waals surface area contributed by atoms with Gasteiger partial charge in [0.1, 0.15) is 0 Å². The molecule has 0 aliphatic heterocycles. The second-order valence-electron chi connectivity index (χ2n) is 29.5. The molecule has 0 aliphatic rings. The molecule has 0 atom stereocenters. The topological polar surface area (TPSA) is 384 Å². The summed E-state index contributed by atoms with van der Waals surface area (Å²) in [6.45, 7) is 29.6. The minimum atomic E-state index is -4.17. The maximum Gasteiger partial charge on any atom is 1.00 e. The molecule has 744 valence electrons. The molecule has 0 unspecified atom stereocenters. The molecule has 0 spiro atoms. The van der Waals surface area contributed by atoms with Gasteiger partial charge in [-0.2, -0.15) is 0 Å².